The van der Waals surface area contributed by atoms with E-state index in [1.54, 1.807) is 4.90 Å². The number of guanidine groups is 1. The van der Waals surface area contributed by atoms with Crippen molar-refractivity contribution in [3.05, 3.63) is 35.4 Å². The monoisotopic (exact) mass is 402 g/mol. The molecule has 1 saturated carbocycles. The van der Waals surface area contributed by atoms with Gasteiger partial charge in [-0.1, -0.05) is 44.0 Å². The van der Waals surface area contributed by atoms with Gasteiger partial charge in [0.25, 0.3) is 0 Å². The molecule has 0 atom stereocenters. The molecule has 0 saturated heterocycles. The Balaban J connectivity index is 2.06. The molecule has 0 heterocycles. The maximum atomic E-state index is 12.8. The number of nitrogens with one attached hydrogen (secondary N) is 2. The number of hydrogen-bond acceptors (Lipinski definition) is 3. The molecule has 2 rings (SSSR count). The highest BCUT2D eigenvalue weighted by Gasteiger charge is 2.42. The minimum Gasteiger partial charge on any atom is -0.377 e. The molecule has 29 heavy (non-hydrogen) atoms. The molecule has 0 bridgehead atoms. The Kier molecular flexibility index (Phi) is 9.45. The van der Waals surface area contributed by atoms with Crippen molar-refractivity contribution in [3.63, 3.8) is 0 Å². The fourth-order valence-corrected chi connectivity index (χ4v) is 3.93. The lowest BCUT2D eigenvalue weighted by Crippen LogP contribution is -2.49. The minimum atomic E-state index is -0.314. The van der Waals surface area contributed by atoms with Crippen LogP contribution in [0.5, 0.6) is 0 Å². The number of carbonyl (C=O) groups excluding carboxylic acids is 1. The molecule has 0 radical (unpaired) electrons. The van der Waals surface area contributed by atoms with Crippen LogP contribution in [0.15, 0.2) is 29.3 Å². The minimum absolute atomic E-state index is 0.219. The second-order valence-corrected chi connectivity index (χ2v) is 8.06. The van der Waals surface area contributed by atoms with Crippen molar-refractivity contribution in [1.29, 1.82) is 0 Å². The van der Waals surface area contributed by atoms with Crippen molar-refractivity contribution in [3.8, 4) is 0 Å². The van der Waals surface area contributed by atoms with Gasteiger partial charge in [0.2, 0.25) is 5.91 Å². The number of amides is 1. The van der Waals surface area contributed by atoms with E-state index in [0.29, 0.717) is 19.7 Å². The van der Waals surface area contributed by atoms with Gasteiger partial charge in [0.15, 0.2) is 5.96 Å². The maximum Gasteiger partial charge on any atom is 0.230 e. The van der Waals surface area contributed by atoms with Crippen LogP contribution in [0.3, 0.4) is 0 Å². The molecule has 0 spiro atoms. The van der Waals surface area contributed by atoms with Crippen LogP contribution >= 0.6 is 0 Å². The van der Waals surface area contributed by atoms with Crippen LogP contribution in [0.25, 0.3) is 0 Å². The van der Waals surface area contributed by atoms with E-state index in [2.05, 4.69) is 36.6 Å². The summed E-state index contributed by atoms with van der Waals surface area (Å²) in [6, 6.07) is 8.28. The SMILES string of the molecule is CCCOCc1ccccc1CN=C(NCC)NCC1(C(=O)N(C)C)CCCC1. The van der Waals surface area contributed by atoms with Gasteiger partial charge in [0, 0.05) is 33.8 Å². The largest absolute Gasteiger partial charge is 0.377 e. The van der Waals surface area contributed by atoms with Crippen LogP contribution in [0.4, 0.5) is 0 Å². The highest BCUT2D eigenvalue weighted by atomic mass is 16.5. The van der Waals surface area contributed by atoms with Gasteiger partial charge in [0.1, 0.15) is 0 Å². The van der Waals surface area contributed by atoms with Crippen molar-refractivity contribution in [2.24, 2.45) is 10.4 Å². The molecule has 6 heteroatoms. The molecule has 1 aliphatic carbocycles. The van der Waals surface area contributed by atoms with Crippen LogP contribution in [0.1, 0.15) is 57.1 Å². The van der Waals surface area contributed by atoms with Crippen molar-refractivity contribution in [2.75, 3.05) is 33.8 Å². The predicted molar refractivity (Wildman–Crippen MR) is 119 cm³/mol. The van der Waals surface area contributed by atoms with Gasteiger partial charge in [-0.2, -0.15) is 0 Å². The summed E-state index contributed by atoms with van der Waals surface area (Å²) < 4.78 is 5.72. The van der Waals surface area contributed by atoms with Gasteiger partial charge in [-0.25, -0.2) is 4.99 Å². The molecular weight excluding hydrogens is 364 g/mol. The highest BCUT2D eigenvalue weighted by Crippen LogP contribution is 2.38. The molecule has 1 fully saturated rings. The molecule has 1 amide bonds. The molecule has 1 aliphatic rings. The number of ether oxygens (including phenoxy) is 1. The average Bonchev–Trinajstić information content (AvgIpc) is 3.20. The zero-order chi connectivity index (χ0) is 21.1. The topological polar surface area (TPSA) is 66.0 Å². The first-order valence-electron chi connectivity index (χ1n) is 10.9. The Labute approximate surface area is 176 Å². The van der Waals surface area contributed by atoms with Crippen molar-refractivity contribution in [1.82, 2.24) is 15.5 Å². The Hall–Kier alpha value is -2.08. The van der Waals surface area contributed by atoms with E-state index in [-0.39, 0.29) is 11.3 Å². The lowest BCUT2D eigenvalue weighted by Gasteiger charge is -2.31. The molecule has 162 valence electrons. The Bertz CT molecular complexity index is 667. The quantitative estimate of drug-likeness (QED) is 0.358. The number of rotatable bonds is 10. The maximum absolute atomic E-state index is 12.8. The lowest BCUT2D eigenvalue weighted by atomic mass is 9.84. The summed E-state index contributed by atoms with van der Waals surface area (Å²) in [4.78, 5) is 19.3. The van der Waals surface area contributed by atoms with E-state index in [1.807, 2.05) is 26.2 Å². The van der Waals surface area contributed by atoms with Gasteiger partial charge in [-0.15, -0.1) is 0 Å². The van der Waals surface area contributed by atoms with E-state index < -0.39 is 0 Å². The third kappa shape index (κ3) is 6.74. The smallest absolute Gasteiger partial charge is 0.230 e. The first kappa shape index (κ1) is 23.2. The zero-order valence-corrected chi connectivity index (χ0v) is 18.6. The summed E-state index contributed by atoms with van der Waals surface area (Å²) in [7, 11) is 3.69. The van der Waals surface area contributed by atoms with Gasteiger partial charge in [-0.3, -0.25) is 4.79 Å². The lowest BCUT2D eigenvalue weighted by molar-refractivity contribution is -0.138. The average molecular weight is 403 g/mol. The first-order valence-corrected chi connectivity index (χ1v) is 10.9. The molecule has 0 aromatic heterocycles. The van der Waals surface area contributed by atoms with E-state index >= 15 is 0 Å². The fraction of sp³-hybridized carbons (Fsp3) is 0.652. The fourth-order valence-electron chi connectivity index (χ4n) is 3.93. The van der Waals surface area contributed by atoms with E-state index in [1.165, 1.54) is 11.1 Å². The van der Waals surface area contributed by atoms with Crippen LogP contribution < -0.4 is 10.6 Å². The summed E-state index contributed by atoms with van der Waals surface area (Å²) in [5.41, 5.74) is 2.03. The van der Waals surface area contributed by atoms with E-state index in [4.69, 9.17) is 9.73 Å². The molecule has 0 unspecified atom stereocenters. The third-order valence-electron chi connectivity index (χ3n) is 5.49. The number of aliphatic imine (C=N–C) groups is 1. The second kappa shape index (κ2) is 11.8. The number of hydrogen-bond donors (Lipinski definition) is 2. The number of carbonyl (C=O) groups is 1. The summed E-state index contributed by atoms with van der Waals surface area (Å²) in [5.74, 6) is 0.978. The van der Waals surface area contributed by atoms with Crippen molar-refractivity contribution < 1.29 is 9.53 Å². The second-order valence-electron chi connectivity index (χ2n) is 8.06. The molecule has 0 aliphatic heterocycles. The van der Waals surface area contributed by atoms with Crippen LogP contribution in [0.2, 0.25) is 0 Å². The summed E-state index contributed by atoms with van der Waals surface area (Å²) in [5, 5.41) is 6.76. The number of nitrogens with zero attached hydrogens (tertiary/aromatic N) is 2. The van der Waals surface area contributed by atoms with Crippen LogP contribution in [-0.4, -0.2) is 50.6 Å². The summed E-state index contributed by atoms with van der Waals surface area (Å²) in [6.07, 6.45) is 5.12. The van der Waals surface area contributed by atoms with E-state index in [9.17, 15) is 4.79 Å². The van der Waals surface area contributed by atoms with Gasteiger partial charge < -0.3 is 20.3 Å². The van der Waals surface area contributed by atoms with Gasteiger partial charge in [-0.05, 0) is 37.3 Å². The molecule has 2 N–H and O–H groups in total. The van der Waals surface area contributed by atoms with Crippen molar-refractivity contribution >= 4 is 11.9 Å². The summed E-state index contributed by atoms with van der Waals surface area (Å²) in [6.45, 7) is 7.53. The Morgan fingerprint density at radius 2 is 1.83 bits per heavy atom. The normalized spacial score (nSPS) is 15.9. The molecule has 6 nitrogen and oxygen atoms in total. The van der Waals surface area contributed by atoms with Crippen LogP contribution in [0, 0.1) is 5.41 Å². The first-order chi connectivity index (χ1) is 14.0. The highest BCUT2D eigenvalue weighted by molar-refractivity contribution is 5.85. The molecular formula is C23H38N4O2. The van der Waals surface area contributed by atoms with Crippen molar-refractivity contribution in [2.45, 2.75) is 59.1 Å². The Morgan fingerprint density at radius 3 is 2.45 bits per heavy atom. The zero-order valence-electron chi connectivity index (χ0n) is 18.6. The molecule has 1 aromatic carbocycles. The van der Waals surface area contributed by atoms with Gasteiger partial charge >= 0.3 is 0 Å². The molecule has 1 aromatic rings. The van der Waals surface area contributed by atoms with Crippen LogP contribution in [-0.2, 0) is 22.7 Å². The van der Waals surface area contributed by atoms with E-state index in [0.717, 1.165) is 51.2 Å². The standard InChI is InChI=1S/C23H38N4O2/c1-5-15-29-17-20-12-8-7-11-19(20)16-25-22(24-6-2)26-18-23(13-9-10-14-23)21(28)27(3)4/h7-8,11-12H,5-6,9-10,13-18H2,1-4H3,(H2,24,25,26). The predicted octanol–water partition coefficient (Wildman–Crippen LogP) is 3.32. The summed E-state index contributed by atoms with van der Waals surface area (Å²) >= 11 is 0. The van der Waals surface area contributed by atoms with Gasteiger partial charge in [0.05, 0.1) is 18.6 Å². The number of benzene rings is 1. The third-order valence-corrected chi connectivity index (χ3v) is 5.49. The Morgan fingerprint density at radius 1 is 1.14 bits per heavy atom.